The molecule has 1 aromatic carbocycles. The second kappa shape index (κ2) is 8.82. The molecule has 25 heavy (non-hydrogen) atoms. The highest BCUT2D eigenvalue weighted by atomic mass is 35.5. The fourth-order valence-electron chi connectivity index (χ4n) is 1.96. The van der Waals surface area contributed by atoms with Crippen LogP contribution in [0.2, 0.25) is 5.02 Å². The average Bonchev–Trinajstić information content (AvgIpc) is 3.02. The van der Waals surface area contributed by atoms with Gasteiger partial charge in [0.25, 0.3) is 0 Å². The summed E-state index contributed by atoms with van der Waals surface area (Å²) in [5.74, 6) is -0.146. The highest BCUT2D eigenvalue weighted by Gasteiger charge is 2.23. The molecule has 0 saturated heterocycles. The Morgan fingerprint density at radius 1 is 1.24 bits per heavy atom. The lowest BCUT2D eigenvalue weighted by Gasteiger charge is -2.04. The summed E-state index contributed by atoms with van der Waals surface area (Å²) in [4.78, 5) is 11.4. The van der Waals surface area contributed by atoms with E-state index in [0.29, 0.717) is 17.1 Å². The standard InChI is InChI=1S/C15H19ClN4O4S/c1-2-7-17-14(21)18-8-6-13-19-20-15(24-13)25(22,23)10-11-4-3-5-12(16)9-11/h3-5,9H,2,6-8,10H2,1H3,(H2,17,18,21). The van der Waals surface area contributed by atoms with E-state index in [9.17, 15) is 13.2 Å². The molecule has 0 aliphatic heterocycles. The topological polar surface area (TPSA) is 114 Å². The summed E-state index contributed by atoms with van der Waals surface area (Å²) in [5, 5.41) is 12.6. The van der Waals surface area contributed by atoms with Gasteiger partial charge in [0.15, 0.2) is 0 Å². The molecule has 10 heteroatoms. The molecule has 0 aliphatic carbocycles. The monoisotopic (exact) mass is 386 g/mol. The van der Waals surface area contributed by atoms with E-state index in [1.807, 2.05) is 6.92 Å². The van der Waals surface area contributed by atoms with Crippen LogP contribution in [0.15, 0.2) is 33.9 Å². The molecular weight excluding hydrogens is 368 g/mol. The highest BCUT2D eigenvalue weighted by Crippen LogP contribution is 2.18. The predicted molar refractivity (Wildman–Crippen MR) is 92.0 cm³/mol. The largest absolute Gasteiger partial charge is 0.412 e. The number of sulfone groups is 1. The van der Waals surface area contributed by atoms with Gasteiger partial charge < -0.3 is 15.1 Å². The Hall–Kier alpha value is -2.13. The molecule has 0 radical (unpaired) electrons. The van der Waals surface area contributed by atoms with Crippen LogP contribution < -0.4 is 10.6 Å². The Labute approximate surface area is 150 Å². The molecule has 0 spiro atoms. The van der Waals surface area contributed by atoms with E-state index >= 15 is 0 Å². The van der Waals surface area contributed by atoms with Crippen molar-refractivity contribution >= 4 is 27.5 Å². The number of amides is 2. The van der Waals surface area contributed by atoms with Crippen LogP contribution in [0.3, 0.4) is 0 Å². The number of nitrogens with one attached hydrogen (secondary N) is 2. The van der Waals surface area contributed by atoms with Crippen molar-refractivity contribution in [2.45, 2.75) is 30.7 Å². The van der Waals surface area contributed by atoms with Crippen LogP contribution in [0.4, 0.5) is 4.79 Å². The minimum Gasteiger partial charge on any atom is -0.412 e. The van der Waals surface area contributed by atoms with Crippen molar-refractivity contribution in [2.24, 2.45) is 0 Å². The second-order valence-corrected chi connectivity index (χ2v) is 7.59. The van der Waals surface area contributed by atoms with Gasteiger partial charge in [0, 0.05) is 24.5 Å². The van der Waals surface area contributed by atoms with Crippen LogP contribution in [0, 0.1) is 0 Å². The number of nitrogens with zero attached hydrogens (tertiary/aromatic N) is 2. The number of halogens is 1. The SMILES string of the molecule is CCCNC(=O)NCCc1nnc(S(=O)(=O)Cc2cccc(Cl)c2)o1. The van der Waals surface area contributed by atoms with Gasteiger partial charge in [-0.1, -0.05) is 35.8 Å². The van der Waals surface area contributed by atoms with Crippen molar-refractivity contribution in [1.29, 1.82) is 0 Å². The first-order valence-corrected chi connectivity index (χ1v) is 9.75. The maximum absolute atomic E-state index is 12.3. The summed E-state index contributed by atoms with van der Waals surface area (Å²) in [7, 11) is -3.76. The first kappa shape index (κ1) is 19.2. The van der Waals surface area contributed by atoms with Crippen LogP contribution in [0.5, 0.6) is 0 Å². The highest BCUT2D eigenvalue weighted by molar-refractivity contribution is 7.90. The molecule has 1 heterocycles. The van der Waals surface area contributed by atoms with Crippen molar-refractivity contribution < 1.29 is 17.6 Å². The molecule has 0 atom stereocenters. The summed E-state index contributed by atoms with van der Waals surface area (Å²) in [5.41, 5.74) is 0.529. The molecule has 0 saturated carbocycles. The van der Waals surface area contributed by atoms with Crippen molar-refractivity contribution in [3.63, 3.8) is 0 Å². The minimum absolute atomic E-state index is 0.139. The van der Waals surface area contributed by atoms with E-state index in [-0.39, 0.29) is 30.6 Å². The van der Waals surface area contributed by atoms with Gasteiger partial charge >= 0.3 is 11.3 Å². The zero-order chi connectivity index (χ0) is 18.3. The molecule has 0 bridgehead atoms. The lowest BCUT2D eigenvalue weighted by atomic mass is 10.2. The normalized spacial score (nSPS) is 11.3. The van der Waals surface area contributed by atoms with Gasteiger partial charge in [-0.25, -0.2) is 13.2 Å². The number of aromatic nitrogens is 2. The summed E-state index contributed by atoms with van der Waals surface area (Å²) < 4.78 is 29.8. The number of carbonyl (C=O) groups is 1. The molecule has 8 nitrogen and oxygen atoms in total. The molecule has 2 rings (SSSR count). The Balaban J connectivity index is 1.92. The van der Waals surface area contributed by atoms with Crippen molar-refractivity contribution in [3.8, 4) is 0 Å². The number of hydrogen-bond donors (Lipinski definition) is 2. The second-order valence-electron chi connectivity index (χ2n) is 5.28. The number of hydrogen-bond acceptors (Lipinski definition) is 6. The van der Waals surface area contributed by atoms with Gasteiger partial charge in [0.1, 0.15) is 0 Å². The Morgan fingerprint density at radius 3 is 2.72 bits per heavy atom. The molecule has 2 amide bonds. The lowest BCUT2D eigenvalue weighted by Crippen LogP contribution is -2.36. The van der Waals surface area contributed by atoms with E-state index in [1.54, 1.807) is 24.3 Å². The van der Waals surface area contributed by atoms with Gasteiger partial charge in [0.05, 0.1) is 5.75 Å². The van der Waals surface area contributed by atoms with Crippen LogP contribution in [0.1, 0.15) is 24.8 Å². The predicted octanol–water partition coefficient (Wildman–Crippen LogP) is 1.95. The summed E-state index contributed by atoms with van der Waals surface area (Å²) in [6, 6.07) is 6.25. The van der Waals surface area contributed by atoms with E-state index < -0.39 is 15.1 Å². The third-order valence-corrected chi connectivity index (χ3v) is 4.77. The third-order valence-electron chi connectivity index (χ3n) is 3.12. The van der Waals surface area contributed by atoms with Crippen molar-refractivity contribution in [3.05, 3.63) is 40.7 Å². The van der Waals surface area contributed by atoms with Crippen molar-refractivity contribution in [2.75, 3.05) is 13.1 Å². The van der Waals surface area contributed by atoms with Gasteiger partial charge in [-0.2, -0.15) is 0 Å². The molecule has 2 aromatic rings. The van der Waals surface area contributed by atoms with E-state index in [2.05, 4.69) is 20.8 Å². The molecular formula is C15H19ClN4O4S. The van der Waals surface area contributed by atoms with Crippen LogP contribution in [-0.2, 0) is 22.0 Å². The zero-order valence-electron chi connectivity index (χ0n) is 13.7. The quantitative estimate of drug-likeness (QED) is 0.716. The molecule has 1 aromatic heterocycles. The summed E-state index contributed by atoms with van der Waals surface area (Å²) in [6.07, 6.45) is 1.07. The number of carbonyl (C=O) groups excluding carboxylic acids is 1. The minimum atomic E-state index is -3.76. The Kier molecular flexibility index (Phi) is 6.77. The number of rotatable bonds is 8. The van der Waals surface area contributed by atoms with Gasteiger partial charge in [-0.3, -0.25) is 0 Å². The van der Waals surface area contributed by atoms with E-state index in [4.69, 9.17) is 16.0 Å². The van der Waals surface area contributed by atoms with Crippen LogP contribution in [0.25, 0.3) is 0 Å². The maximum Gasteiger partial charge on any atom is 0.335 e. The molecule has 136 valence electrons. The van der Waals surface area contributed by atoms with Gasteiger partial charge in [-0.15, -0.1) is 5.10 Å². The summed E-state index contributed by atoms with van der Waals surface area (Å²) >= 11 is 5.85. The lowest BCUT2D eigenvalue weighted by molar-refractivity contribution is 0.240. The average molecular weight is 387 g/mol. The number of urea groups is 1. The fourth-order valence-corrected chi connectivity index (χ4v) is 3.30. The molecule has 0 unspecified atom stereocenters. The van der Waals surface area contributed by atoms with Crippen LogP contribution >= 0.6 is 11.6 Å². The third kappa shape index (κ3) is 6.02. The van der Waals surface area contributed by atoms with E-state index in [0.717, 1.165) is 6.42 Å². The van der Waals surface area contributed by atoms with E-state index in [1.165, 1.54) is 0 Å². The first-order chi connectivity index (χ1) is 11.9. The molecule has 2 N–H and O–H groups in total. The Morgan fingerprint density at radius 2 is 2.00 bits per heavy atom. The number of benzene rings is 1. The summed E-state index contributed by atoms with van der Waals surface area (Å²) in [6.45, 7) is 2.79. The van der Waals surface area contributed by atoms with Gasteiger partial charge in [0.2, 0.25) is 15.7 Å². The zero-order valence-corrected chi connectivity index (χ0v) is 15.2. The first-order valence-electron chi connectivity index (χ1n) is 7.72. The van der Waals surface area contributed by atoms with Crippen molar-refractivity contribution in [1.82, 2.24) is 20.8 Å². The van der Waals surface area contributed by atoms with Gasteiger partial charge in [-0.05, 0) is 24.1 Å². The molecule has 0 fully saturated rings. The van der Waals surface area contributed by atoms with Crippen LogP contribution in [-0.4, -0.2) is 37.7 Å². The Bertz CT molecular complexity index is 822. The fraction of sp³-hybridized carbons (Fsp3) is 0.400. The smallest absolute Gasteiger partial charge is 0.335 e. The maximum atomic E-state index is 12.3. The molecule has 0 aliphatic rings.